The lowest BCUT2D eigenvalue weighted by atomic mass is 10.1. The van der Waals surface area contributed by atoms with E-state index in [2.05, 4.69) is 26.0 Å². The van der Waals surface area contributed by atoms with Crippen molar-refractivity contribution in [3.63, 3.8) is 0 Å². The third kappa shape index (κ3) is 18.0. The predicted octanol–water partition coefficient (Wildman–Crippen LogP) is 0.622. The summed E-state index contributed by atoms with van der Waals surface area (Å²) in [5.41, 5.74) is 4.03. The number of sulfonamides is 1. The van der Waals surface area contributed by atoms with E-state index in [1.54, 1.807) is 45.2 Å². The minimum atomic E-state index is -3.97. The Morgan fingerprint density at radius 1 is 0.731 bits per heavy atom. The molecule has 22 nitrogen and oxygen atoms in total. The number of hydrogen-bond acceptors (Lipinski definition) is 15. The van der Waals surface area contributed by atoms with Gasteiger partial charge in [0.05, 0.1) is 38.1 Å². The van der Waals surface area contributed by atoms with Gasteiger partial charge in [-0.1, -0.05) is 53.3 Å². The molecule has 1 fully saturated rings. The van der Waals surface area contributed by atoms with E-state index in [1.165, 1.54) is 15.6 Å². The number of carboxylic acid groups (broad SMARTS) is 3. The number of carbonyl (C=O) groups excluding carboxylic acids is 3. The maximum absolute atomic E-state index is 13.3. The number of benzene rings is 2. The van der Waals surface area contributed by atoms with Crippen molar-refractivity contribution >= 4 is 67.6 Å². The van der Waals surface area contributed by atoms with Gasteiger partial charge in [-0.05, 0) is 56.7 Å². The van der Waals surface area contributed by atoms with Crippen molar-refractivity contribution in [2.45, 2.75) is 55.8 Å². The number of nitrogens with zero attached hydrogens (tertiary/aromatic N) is 7. The van der Waals surface area contributed by atoms with Crippen molar-refractivity contribution in [2.75, 3.05) is 90.4 Å². The summed E-state index contributed by atoms with van der Waals surface area (Å²) in [4.78, 5) is 86.5. The van der Waals surface area contributed by atoms with Crippen LogP contribution < -0.4 is 21.1 Å². The summed E-state index contributed by atoms with van der Waals surface area (Å²) in [5, 5.41) is 46.8. The summed E-state index contributed by atoms with van der Waals surface area (Å²) in [5.74, 6) is -4.33. The maximum Gasteiger partial charge on any atom is 0.326 e. The Kier molecular flexibility index (Phi) is 19.7. The lowest BCUT2D eigenvalue weighted by Gasteiger charge is -2.33. The Labute approximate surface area is 392 Å². The van der Waals surface area contributed by atoms with E-state index in [0.717, 1.165) is 17.8 Å². The largest absolute Gasteiger partial charge is 0.480 e. The minimum absolute atomic E-state index is 0.0784. The first-order chi connectivity index (χ1) is 31.9. The Balaban J connectivity index is 1.11. The second-order valence-electron chi connectivity index (χ2n) is 16.4. The third-order valence-corrected chi connectivity index (χ3v) is 13.2. The van der Waals surface area contributed by atoms with Gasteiger partial charge in [-0.15, -0.1) is 5.10 Å². The number of aliphatic carboxylic acids is 3. The molecule has 8 N–H and O–H groups in total. The van der Waals surface area contributed by atoms with Gasteiger partial charge >= 0.3 is 17.9 Å². The molecule has 0 radical (unpaired) electrons. The number of aryl methyl sites for hydroxylation is 2. The molecular weight excluding hydrogens is 911 g/mol. The Bertz CT molecular complexity index is 2370. The van der Waals surface area contributed by atoms with Gasteiger partial charge in [-0.3, -0.25) is 43.6 Å². The number of imidazole rings is 1. The zero-order valence-corrected chi connectivity index (χ0v) is 39.0. The Hall–Kier alpha value is -5.89. The average Bonchev–Trinajstić information content (AvgIpc) is 3.86. The minimum Gasteiger partial charge on any atom is -0.480 e. The van der Waals surface area contributed by atoms with Crippen LogP contribution >= 0.6 is 11.3 Å². The van der Waals surface area contributed by atoms with Crippen molar-refractivity contribution in [2.24, 2.45) is 5.14 Å². The summed E-state index contributed by atoms with van der Waals surface area (Å²) in [6, 6.07) is 13.8. The Morgan fingerprint density at radius 3 is 1.81 bits per heavy atom. The molecule has 1 aliphatic rings. The number of fused-ring (bicyclic) bond motifs is 1. The molecule has 4 aromatic rings. The van der Waals surface area contributed by atoms with Crippen molar-refractivity contribution < 1.29 is 52.5 Å². The quantitative estimate of drug-likeness (QED) is 0.0531. The van der Waals surface area contributed by atoms with Crippen molar-refractivity contribution in [3.05, 3.63) is 65.9 Å². The second-order valence-corrected chi connectivity index (χ2v) is 19.1. The van der Waals surface area contributed by atoms with Crippen LogP contribution in [0.5, 0.6) is 0 Å². The van der Waals surface area contributed by atoms with Crippen LogP contribution in [0, 0.1) is 6.92 Å². The van der Waals surface area contributed by atoms with Crippen LogP contribution in [-0.4, -0.2) is 185 Å². The molecule has 0 bridgehead atoms. The first kappa shape index (κ1) is 52.1. The van der Waals surface area contributed by atoms with E-state index in [4.69, 9.17) is 5.14 Å². The number of unbranched alkanes of at least 4 members (excludes halogenated alkanes) is 1. The SMILES string of the molecule is Cc1ccc(CCCC(=O)NCCCC[C@H](NC(=O)CN2CCN(CC(=O)O)CCN(CC(=O)Nc3ccc(-c4cn5nc(S(N)(=O)=O)sc5n4)cc3)CCN(CC(=O)O)CC2)C(=O)O)cc1. The highest BCUT2D eigenvalue weighted by Gasteiger charge is 2.24. The van der Waals surface area contributed by atoms with Crippen LogP contribution in [0.2, 0.25) is 0 Å². The van der Waals surface area contributed by atoms with Gasteiger partial charge in [0, 0.05) is 76.6 Å². The molecule has 0 saturated carbocycles. The number of aromatic nitrogens is 3. The monoisotopic (exact) mass is 969 g/mol. The smallest absolute Gasteiger partial charge is 0.326 e. The Morgan fingerprint density at radius 2 is 1.28 bits per heavy atom. The van der Waals surface area contributed by atoms with Gasteiger partial charge in [0.15, 0.2) is 0 Å². The fourth-order valence-corrected chi connectivity index (χ4v) is 8.86. The molecule has 2 aromatic heterocycles. The predicted molar refractivity (Wildman–Crippen MR) is 248 cm³/mol. The zero-order chi connectivity index (χ0) is 48.5. The fraction of sp³-hybridized carbons (Fsp3) is 0.488. The zero-order valence-electron chi connectivity index (χ0n) is 37.3. The standard InChI is InChI=1S/C43H59N11O11S2/c1-30-8-10-31(11-9-30)5-4-7-36(55)45-16-3-2-6-34(41(62)63)47-38(57)27-51-19-23-52(28-39(58)59)21-17-50(18-22-53(24-20-51)29-40(60)61)26-37(56)46-33-14-12-32(13-15-33)35-25-54-42(48-35)66-43(49-54)67(44,64)65/h8-15,25,34H,2-7,16-24,26-29H2,1H3,(H,45,55)(H,46,56)(H,47,57)(H,58,59)(H,60,61)(H,62,63)(H2,44,64,65)/t34-/m0/s1. The van der Waals surface area contributed by atoms with Crippen LogP contribution in [0.15, 0.2) is 59.1 Å². The molecule has 1 atom stereocenters. The van der Waals surface area contributed by atoms with E-state index in [1.807, 2.05) is 36.1 Å². The first-order valence-corrected chi connectivity index (χ1v) is 24.2. The van der Waals surface area contributed by atoms with E-state index in [-0.39, 0.29) is 101 Å². The number of primary sulfonamides is 1. The summed E-state index contributed by atoms with van der Waals surface area (Å²) in [6.07, 6.45) is 4.53. The third-order valence-electron chi connectivity index (χ3n) is 11.0. The molecule has 3 heterocycles. The molecule has 364 valence electrons. The van der Waals surface area contributed by atoms with E-state index in [0.29, 0.717) is 54.1 Å². The topological polar surface area (TPSA) is 303 Å². The fourth-order valence-electron chi connectivity index (χ4n) is 7.36. The van der Waals surface area contributed by atoms with Crippen LogP contribution in [0.25, 0.3) is 16.2 Å². The highest BCUT2D eigenvalue weighted by Crippen LogP contribution is 2.25. The summed E-state index contributed by atoms with van der Waals surface area (Å²) in [7, 11) is -3.97. The van der Waals surface area contributed by atoms with Crippen LogP contribution in [0.3, 0.4) is 0 Å². The average molecular weight is 970 g/mol. The molecule has 67 heavy (non-hydrogen) atoms. The maximum atomic E-state index is 13.3. The lowest BCUT2D eigenvalue weighted by molar-refractivity contribution is -0.142. The molecule has 0 aliphatic carbocycles. The molecule has 24 heteroatoms. The number of hydrogen-bond donors (Lipinski definition) is 7. The number of rotatable bonds is 22. The van der Waals surface area contributed by atoms with Crippen LogP contribution in [0.4, 0.5) is 5.69 Å². The van der Waals surface area contributed by atoms with Gasteiger partial charge in [0.1, 0.15) is 6.04 Å². The normalized spacial score (nSPS) is 15.6. The number of carboxylic acids is 3. The van der Waals surface area contributed by atoms with E-state index < -0.39 is 39.9 Å². The molecule has 1 saturated heterocycles. The number of carbonyl (C=O) groups is 6. The summed E-state index contributed by atoms with van der Waals surface area (Å²) < 4.78 is 24.3. The molecule has 1 aliphatic heterocycles. The van der Waals surface area contributed by atoms with Gasteiger partial charge in [-0.25, -0.2) is 27.9 Å². The first-order valence-electron chi connectivity index (χ1n) is 21.9. The number of nitrogens with two attached hydrogens (primary N) is 1. The molecular formula is C43H59N11O11S2. The highest BCUT2D eigenvalue weighted by molar-refractivity contribution is 7.91. The van der Waals surface area contributed by atoms with Crippen LogP contribution in [-0.2, 0) is 45.2 Å². The summed E-state index contributed by atoms with van der Waals surface area (Å²) in [6.45, 7) is 3.31. The van der Waals surface area contributed by atoms with Crippen LogP contribution in [0.1, 0.15) is 43.2 Å². The number of anilines is 1. The molecule has 2 aromatic carbocycles. The molecule has 3 amide bonds. The summed E-state index contributed by atoms with van der Waals surface area (Å²) >= 11 is 0.831. The van der Waals surface area contributed by atoms with Gasteiger partial charge < -0.3 is 31.3 Å². The molecule has 5 rings (SSSR count). The second kappa shape index (κ2) is 25.3. The highest BCUT2D eigenvalue weighted by atomic mass is 32.2. The van der Waals surface area contributed by atoms with Crippen molar-refractivity contribution in [3.8, 4) is 11.3 Å². The molecule has 0 unspecified atom stereocenters. The van der Waals surface area contributed by atoms with E-state index >= 15 is 0 Å². The lowest BCUT2D eigenvalue weighted by Crippen LogP contribution is -2.51. The number of amides is 3. The number of nitrogens with one attached hydrogen (secondary N) is 3. The van der Waals surface area contributed by atoms with E-state index in [9.17, 15) is 52.5 Å². The van der Waals surface area contributed by atoms with Gasteiger partial charge in [0.25, 0.3) is 10.0 Å². The van der Waals surface area contributed by atoms with Gasteiger partial charge in [0.2, 0.25) is 27.0 Å². The van der Waals surface area contributed by atoms with Crippen molar-refractivity contribution in [1.82, 2.24) is 44.8 Å². The van der Waals surface area contributed by atoms with Crippen molar-refractivity contribution in [1.29, 1.82) is 0 Å². The molecule has 0 spiro atoms. The van der Waals surface area contributed by atoms with Gasteiger partial charge in [-0.2, -0.15) is 0 Å².